The molecule has 1 aliphatic carbocycles. The van der Waals surface area contributed by atoms with Gasteiger partial charge in [-0.1, -0.05) is 206 Å². The van der Waals surface area contributed by atoms with Crippen LogP contribution in [0.2, 0.25) is 0 Å². The Hall–Kier alpha value is -8.66. The van der Waals surface area contributed by atoms with Crippen molar-refractivity contribution in [2.24, 2.45) is 0 Å². The van der Waals surface area contributed by atoms with Crippen LogP contribution in [-0.2, 0) is 0 Å². The molecule has 0 bridgehead atoms. The van der Waals surface area contributed by atoms with Crippen molar-refractivity contribution in [2.75, 3.05) is 9.80 Å². The monoisotopic (exact) mass is 856 g/mol. The van der Waals surface area contributed by atoms with Gasteiger partial charge in [-0.3, -0.25) is 0 Å². The van der Waals surface area contributed by atoms with E-state index in [1.807, 2.05) is 6.07 Å². The number of hydrogen-bond donors (Lipinski definition) is 0. The largest absolute Gasteiger partial charge is 0.455 e. The minimum Gasteiger partial charge on any atom is -0.455 e. The highest BCUT2D eigenvalue weighted by atomic mass is 16.3. The van der Waals surface area contributed by atoms with E-state index >= 15 is 0 Å². The quantitative estimate of drug-likeness (QED) is 0.152. The molecule has 3 nitrogen and oxygen atoms in total. The van der Waals surface area contributed by atoms with Crippen LogP contribution in [0.1, 0.15) is 11.5 Å². The van der Waals surface area contributed by atoms with Crippen LogP contribution in [0, 0.1) is 0 Å². The molecule has 2 aliphatic rings. The summed E-state index contributed by atoms with van der Waals surface area (Å²) in [5.74, 6) is 0.279. The first-order valence-electron chi connectivity index (χ1n) is 23.2. The van der Waals surface area contributed by atoms with E-state index < -0.39 is 0 Å². The topological polar surface area (TPSA) is 19.6 Å². The minimum atomic E-state index is 0.171. The molecule has 3 heteroatoms. The molecule has 10 aromatic carbocycles. The zero-order valence-electron chi connectivity index (χ0n) is 36.7. The molecule has 0 saturated heterocycles. The van der Waals surface area contributed by atoms with Crippen molar-refractivity contribution in [3.05, 3.63) is 260 Å². The van der Waals surface area contributed by atoms with Crippen molar-refractivity contribution in [1.29, 1.82) is 0 Å². The van der Waals surface area contributed by atoms with Crippen molar-refractivity contribution >= 4 is 61.1 Å². The highest BCUT2D eigenvalue weighted by Crippen LogP contribution is 2.51. The summed E-state index contributed by atoms with van der Waals surface area (Å²) in [6, 6.07) is 83.8. The molecule has 0 radical (unpaired) electrons. The maximum Gasteiger partial charge on any atom is 0.143 e. The first-order valence-corrected chi connectivity index (χ1v) is 23.2. The van der Waals surface area contributed by atoms with E-state index in [0.29, 0.717) is 0 Å². The van der Waals surface area contributed by atoms with Gasteiger partial charge in [-0.15, -0.1) is 0 Å². The Bertz CT molecular complexity index is 3720. The van der Waals surface area contributed by atoms with Gasteiger partial charge < -0.3 is 14.2 Å². The second kappa shape index (κ2) is 16.1. The summed E-state index contributed by atoms with van der Waals surface area (Å²) in [6.07, 6.45) is 9.11. The van der Waals surface area contributed by atoms with Gasteiger partial charge in [-0.05, 0) is 92.7 Å². The zero-order chi connectivity index (χ0) is 44.3. The van der Waals surface area contributed by atoms with Crippen LogP contribution in [0.15, 0.2) is 259 Å². The van der Waals surface area contributed by atoms with Crippen molar-refractivity contribution in [1.82, 2.24) is 0 Å². The Labute approximate surface area is 390 Å². The van der Waals surface area contributed by atoms with Gasteiger partial charge in [0, 0.05) is 50.4 Å². The number of hydrogen-bond acceptors (Lipinski definition) is 3. The summed E-state index contributed by atoms with van der Waals surface area (Å²) in [5.41, 5.74) is 18.0. The van der Waals surface area contributed by atoms with Crippen LogP contribution >= 0.6 is 0 Å². The number of para-hydroxylation sites is 4. The highest BCUT2D eigenvalue weighted by Gasteiger charge is 2.38. The molecule has 0 spiro atoms. The lowest BCUT2D eigenvalue weighted by atomic mass is 9.91. The first kappa shape index (κ1) is 38.8. The summed E-state index contributed by atoms with van der Waals surface area (Å²) in [6.45, 7) is 0. The normalized spacial score (nSPS) is 15.0. The smallest absolute Gasteiger partial charge is 0.143 e. The molecule has 0 fully saturated rings. The molecule has 0 N–H and O–H groups in total. The SMILES string of the molecule is C1=CC2c3ccccc3N(c3cc(-c4ccccc4)ccc3-c3ccc(N(c4cccc(-c5cccc6c5oc5ccccc56)c4)c4ccccc4-c4cccc5ccccc45)cc3)C2C=C1. The zero-order valence-corrected chi connectivity index (χ0v) is 36.7. The molecular weight excluding hydrogens is 813 g/mol. The number of anilines is 5. The Kier molecular flexibility index (Phi) is 9.31. The third-order valence-corrected chi connectivity index (χ3v) is 13.8. The molecule has 1 aromatic heterocycles. The van der Waals surface area contributed by atoms with Crippen LogP contribution in [0.3, 0.4) is 0 Å². The molecule has 2 heterocycles. The number of furan rings is 1. The second-order valence-electron chi connectivity index (χ2n) is 17.6. The van der Waals surface area contributed by atoms with Crippen LogP contribution in [0.4, 0.5) is 28.4 Å². The summed E-state index contributed by atoms with van der Waals surface area (Å²) in [7, 11) is 0. The molecule has 67 heavy (non-hydrogen) atoms. The van der Waals surface area contributed by atoms with Gasteiger partial charge in [0.25, 0.3) is 0 Å². The lowest BCUT2D eigenvalue weighted by Gasteiger charge is -2.31. The Morgan fingerprint density at radius 2 is 1.06 bits per heavy atom. The molecule has 2 atom stereocenters. The number of fused-ring (bicyclic) bond motifs is 7. The van der Waals surface area contributed by atoms with Gasteiger partial charge in [-0.2, -0.15) is 0 Å². The molecule has 1 aliphatic heterocycles. The summed E-state index contributed by atoms with van der Waals surface area (Å²) in [4.78, 5) is 4.99. The molecule has 2 unspecified atom stereocenters. The average Bonchev–Trinajstić information content (AvgIpc) is 3.95. The van der Waals surface area contributed by atoms with Crippen molar-refractivity contribution in [3.8, 4) is 44.5 Å². The average molecular weight is 857 g/mol. The predicted octanol–water partition coefficient (Wildman–Crippen LogP) is 17.6. The van der Waals surface area contributed by atoms with E-state index in [-0.39, 0.29) is 12.0 Å². The van der Waals surface area contributed by atoms with Gasteiger partial charge in [0.15, 0.2) is 0 Å². The summed E-state index contributed by atoms with van der Waals surface area (Å²) >= 11 is 0. The summed E-state index contributed by atoms with van der Waals surface area (Å²) < 4.78 is 6.58. The predicted molar refractivity (Wildman–Crippen MR) is 281 cm³/mol. The van der Waals surface area contributed by atoms with Gasteiger partial charge in [0.1, 0.15) is 11.2 Å². The van der Waals surface area contributed by atoms with Crippen molar-refractivity contribution < 1.29 is 4.42 Å². The van der Waals surface area contributed by atoms with Gasteiger partial charge >= 0.3 is 0 Å². The molecule has 316 valence electrons. The number of nitrogens with zero attached hydrogens (tertiary/aromatic N) is 2. The number of benzene rings is 10. The van der Waals surface area contributed by atoms with E-state index in [1.54, 1.807) is 0 Å². The maximum absolute atomic E-state index is 6.58. The highest BCUT2D eigenvalue weighted by molar-refractivity contribution is 6.10. The fraction of sp³-hybridized carbons (Fsp3) is 0.0312. The molecule has 0 amide bonds. The number of rotatable bonds is 8. The minimum absolute atomic E-state index is 0.171. The van der Waals surface area contributed by atoms with Crippen molar-refractivity contribution in [3.63, 3.8) is 0 Å². The molecule has 11 aromatic rings. The van der Waals surface area contributed by atoms with E-state index in [2.05, 4.69) is 259 Å². The van der Waals surface area contributed by atoms with Crippen LogP contribution < -0.4 is 9.80 Å². The van der Waals surface area contributed by atoms with E-state index in [1.165, 1.54) is 50.0 Å². The fourth-order valence-electron chi connectivity index (χ4n) is 10.7. The lowest BCUT2D eigenvalue weighted by molar-refractivity contribution is 0.670. The molecular formula is C64H44N2O. The standard InChI is InChI=1S/C64H44N2O/c1-2-17-43(18-3-1)46-37-40-51(62(42-46)66-60-32-11-7-25-55(60)56-26-8-12-33-61(56)66)45-35-38-48(39-36-45)65(59-31-10-6-24-54(59)53-29-15-20-44-19-4-5-23-50(44)53)49-22-14-21-47(41-49)52-28-16-30-58-57-27-9-13-34-63(57)67-64(52)58/h1-42,55,60H. The third kappa shape index (κ3) is 6.58. The van der Waals surface area contributed by atoms with Gasteiger partial charge in [0.05, 0.1) is 17.4 Å². The van der Waals surface area contributed by atoms with E-state index in [9.17, 15) is 0 Å². The second-order valence-corrected chi connectivity index (χ2v) is 17.6. The van der Waals surface area contributed by atoms with Gasteiger partial charge in [0.2, 0.25) is 0 Å². The molecule has 13 rings (SSSR count). The van der Waals surface area contributed by atoms with E-state index in [4.69, 9.17) is 4.42 Å². The Morgan fingerprint density at radius 1 is 0.388 bits per heavy atom. The fourth-order valence-corrected chi connectivity index (χ4v) is 10.7. The summed E-state index contributed by atoms with van der Waals surface area (Å²) in [5, 5.41) is 4.68. The molecule has 0 saturated carbocycles. The van der Waals surface area contributed by atoms with Crippen LogP contribution in [0.25, 0.3) is 77.2 Å². The number of allylic oxidation sites excluding steroid dienone is 2. The van der Waals surface area contributed by atoms with Crippen LogP contribution in [0.5, 0.6) is 0 Å². The first-order chi connectivity index (χ1) is 33.2. The third-order valence-electron chi connectivity index (χ3n) is 13.8. The van der Waals surface area contributed by atoms with Gasteiger partial charge in [-0.25, -0.2) is 0 Å². The maximum atomic E-state index is 6.58. The van der Waals surface area contributed by atoms with Crippen LogP contribution in [-0.4, -0.2) is 6.04 Å². The Balaban J connectivity index is 0.981. The lowest BCUT2D eigenvalue weighted by Crippen LogP contribution is -2.29. The van der Waals surface area contributed by atoms with Crippen molar-refractivity contribution in [2.45, 2.75) is 12.0 Å². The Morgan fingerprint density at radius 3 is 1.99 bits per heavy atom. The van der Waals surface area contributed by atoms with E-state index in [0.717, 1.165) is 61.3 Å².